The van der Waals surface area contributed by atoms with Crippen molar-refractivity contribution in [3.05, 3.63) is 47.0 Å². The summed E-state index contributed by atoms with van der Waals surface area (Å²) in [6.07, 6.45) is 3.86. The van der Waals surface area contributed by atoms with E-state index >= 15 is 0 Å². The number of aromatic nitrogens is 4. The van der Waals surface area contributed by atoms with E-state index in [1.807, 2.05) is 36.9 Å². The number of imidazole rings is 1. The maximum absolute atomic E-state index is 12.6. The molecular formula is C21H28N6O. The second-order valence-corrected chi connectivity index (χ2v) is 7.75. The van der Waals surface area contributed by atoms with Gasteiger partial charge in [0.05, 0.1) is 16.7 Å². The van der Waals surface area contributed by atoms with Crippen LogP contribution in [0.3, 0.4) is 0 Å². The number of carbonyl (C=O) groups excluding carboxylic acids is 1. The Morgan fingerprint density at radius 1 is 1.32 bits per heavy atom. The van der Waals surface area contributed by atoms with Crippen molar-refractivity contribution in [1.82, 2.24) is 30.4 Å². The number of rotatable bonds is 5. The van der Waals surface area contributed by atoms with Crippen LogP contribution in [0, 0.1) is 19.8 Å². The predicted molar refractivity (Wildman–Crippen MR) is 109 cm³/mol. The van der Waals surface area contributed by atoms with Crippen molar-refractivity contribution in [1.29, 1.82) is 0 Å². The minimum absolute atomic E-state index is 0.0353. The number of amides is 2. The summed E-state index contributed by atoms with van der Waals surface area (Å²) in [5, 5.41) is 10.3. The number of urea groups is 1. The number of nitrogens with zero attached hydrogens (tertiary/aromatic N) is 3. The molecule has 1 aliphatic rings. The van der Waals surface area contributed by atoms with Crippen molar-refractivity contribution in [3.8, 4) is 0 Å². The average molecular weight is 380 g/mol. The third kappa shape index (κ3) is 4.03. The van der Waals surface area contributed by atoms with Crippen molar-refractivity contribution < 1.29 is 4.79 Å². The van der Waals surface area contributed by atoms with Gasteiger partial charge >= 0.3 is 6.03 Å². The highest BCUT2D eigenvalue weighted by molar-refractivity contribution is 5.75. The highest BCUT2D eigenvalue weighted by atomic mass is 16.2. The highest BCUT2D eigenvalue weighted by Crippen LogP contribution is 2.21. The number of piperidine rings is 1. The van der Waals surface area contributed by atoms with Crippen molar-refractivity contribution in [2.45, 2.75) is 39.5 Å². The maximum atomic E-state index is 12.6. The number of carbonyl (C=O) groups is 1. The standard InChI is InChI=1S/C21H28N6O/c1-14-17(15(2)26-25-14)9-10-22-21(28)27-11-5-6-16(13-27)12-20-23-18-7-3-4-8-19(18)24-20/h3-4,7-8,16H,5-6,9-13H2,1-2H3,(H,22,28)(H,23,24)(H,25,26)/t16-/m0/s1. The minimum atomic E-state index is 0.0353. The minimum Gasteiger partial charge on any atom is -0.342 e. The quantitative estimate of drug-likeness (QED) is 0.635. The monoisotopic (exact) mass is 380 g/mol. The molecule has 0 radical (unpaired) electrons. The molecule has 1 aliphatic heterocycles. The van der Waals surface area contributed by atoms with Crippen LogP contribution in [0.2, 0.25) is 0 Å². The van der Waals surface area contributed by atoms with Crippen LogP contribution in [-0.2, 0) is 12.8 Å². The summed E-state index contributed by atoms with van der Waals surface area (Å²) >= 11 is 0. The molecule has 148 valence electrons. The Morgan fingerprint density at radius 3 is 2.96 bits per heavy atom. The predicted octanol–water partition coefficient (Wildman–Crippen LogP) is 3.11. The molecule has 1 aromatic carbocycles. The van der Waals surface area contributed by atoms with Gasteiger partial charge in [-0.05, 0) is 56.7 Å². The van der Waals surface area contributed by atoms with Gasteiger partial charge in [0, 0.05) is 31.7 Å². The van der Waals surface area contributed by atoms with Crippen LogP contribution in [0.25, 0.3) is 11.0 Å². The summed E-state index contributed by atoms with van der Waals surface area (Å²) < 4.78 is 0. The van der Waals surface area contributed by atoms with Crippen molar-refractivity contribution in [2.24, 2.45) is 5.92 Å². The molecule has 0 bridgehead atoms. The van der Waals surface area contributed by atoms with Crippen LogP contribution in [0.5, 0.6) is 0 Å². The number of benzene rings is 1. The second kappa shape index (κ2) is 8.04. The Kier molecular flexibility index (Phi) is 5.32. The van der Waals surface area contributed by atoms with Crippen LogP contribution in [-0.4, -0.2) is 50.7 Å². The van der Waals surface area contributed by atoms with E-state index in [4.69, 9.17) is 0 Å². The molecule has 3 aromatic rings. The van der Waals surface area contributed by atoms with E-state index in [-0.39, 0.29) is 6.03 Å². The Hall–Kier alpha value is -2.83. The highest BCUT2D eigenvalue weighted by Gasteiger charge is 2.24. The van der Waals surface area contributed by atoms with Gasteiger partial charge in [-0.3, -0.25) is 5.10 Å². The zero-order valence-corrected chi connectivity index (χ0v) is 16.6. The molecule has 1 fully saturated rings. The van der Waals surface area contributed by atoms with E-state index in [9.17, 15) is 4.79 Å². The normalized spacial score (nSPS) is 17.2. The summed E-state index contributed by atoms with van der Waals surface area (Å²) in [6, 6.07) is 8.14. The van der Waals surface area contributed by atoms with E-state index in [0.717, 1.165) is 67.0 Å². The van der Waals surface area contributed by atoms with Crippen LogP contribution in [0.1, 0.15) is 35.6 Å². The molecule has 0 aliphatic carbocycles. The Bertz CT molecular complexity index is 906. The van der Waals surface area contributed by atoms with Gasteiger partial charge in [-0.1, -0.05) is 12.1 Å². The van der Waals surface area contributed by atoms with Gasteiger partial charge in [-0.25, -0.2) is 9.78 Å². The van der Waals surface area contributed by atoms with Gasteiger partial charge in [0.25, 0.3) is 0 Å². The van der Waals surface area contributed by atoms with Gasteiger partial charge in [0.2, 0.25) is 0 Å². The van der Waals surface area contributed by atoms with Crippen molar-refractivity contribution in [2.75, 3.05) is 19.6 Å². The number of fused-ring (bicyclic) bond motifs is 1. The Balaban J connectivity index is 1.29. The number of hydrogen-bond acceptors (Lipinski definition) is 3. The molecule has 3 N–H and O–H groups in total. The molecule has 0 unspecified atom stereocenters. The van der Waals surface area contributed by atoms with Crippen molar-refractivity contribution in [3.63, 3.8) is 0 Å². The average Bonchev–Trinajstić information content (AvgIpc) is 3.25. The fourth-order valence-corrected chi connectivity index (χ4v) is 4.14. The molecule has 1 atom stereocenters. The number of likely N-dealkylation sites (tertiary alicyclic amines) is 1. The van der Waals surface area contributed by atoms with Gasteiger partial charge < -0.3 is 15.2 Å². The Morgan fingerprint density at radius 2 is 2.18 bits per heavy atom. The van der Waals surface area contributed by atoms with E-state index in [1.165, 1.54) is 5.56 Å². The molecule has 28 heavy (non-hydrogen) atoms. The van der Waals surface area contributed by atoms with Gasteiger partial charge in [-0.2, -0.15) is 5.10 Å². The molecule has 7 nitrogen and oxygen atoms in total. The molecular weight excluding hydrogens is 352 g/mol. The second-order valence-electron chi connectivity index (χ2n) is 7.75. The molecule has 2 aromatic heterocycles. The maximum Gasteiger partial charge on any atom is 0.317 e. The molecule has 0 saturated carbocycles. The first-order valence-electron chi connectivity index (χ1n) is 10.1. The number of H-pyrrole nitrogens is 2. The van der Waals surface area contributed by atoms with Crippen LogP contribution < -0.4 is 5.32 Å². The summed E-state index contributed by atoms with van der Waals surface area (Å²) in [7, 11) is 0. The summed E-state index contributed by atoms with van der Waals surface area (Å²) in [5.74, 6) is 1.46. The zero-order valence-electron chi connectivity index (χ0n) is 16.6. The van der Waals surface area contributed by atoms with E-state index in [0.29, 0.717) is 12.5 Å². The number of aromatic amines is 2. The smallest absolute Gasteiger partial charge is 0.317 e. The lowest BCUT2D eigenvalue weighted by Gasteiger charge is -2.32. The molecule has 1 saturated heterocycles. The van der Waals surface area contributed by atoms with Crippen LogP contribution in [0.4, 0.5) is 4.79 Å². The van der Waals surface area contributed by atoms with E-state index in [1.54, 1.807) is 0 Å². The lowest BCUT2D eigenvalue weighted by molar-refractivity contribution is 0.165. The first-order chi connectivity index (χ1) is 13.6. The number of nitrogens with one attached hydrogen (secondary N) is 3. The summed E-state index contributed by atoms with van der Waals surface area (Å²) in [4.78, 5) is 22.6. The van der Waals surface area contributed by atoms with Gasteiger partial charge in [0.15, 0.2) is 0 Å². The third-order valence-electron chi connectivity index (χ3n) is 5.66. The number of para-hydroxylation sites is 2. The zero-order chi connectivity index (χ0) is 19.5. The SMILES string of the molecule is Cc1n[nH]c(C)c1CCNC(=O)N1CCC[C@@H](Cc2nc3ccccc3[nH]2)C1. The lowest BCUT2D eigenvalue weighted by Crippen LogP contribution is -2.46. The van der Waals surface area contributed by atoms with Gasteiger partial charge in [-0.15, -0.1) is 0 Å². The fraction of sp³-hybridized carbons (Fsp3) is 0.476. The third-order valence-corrected chi connectivity index (χ3v) is 5.66. The summed E-state index contributed by atoms with van der Waals surface area (Å²) in [6.45, 7) is 6.25. The van der Waals surface area contributed by atoms with Crippen molar-refractivity contribution >= 4 is 17.1 Å². The Labute approximate surface area is 164 Å². The largest absolute Gasteiger partial charge is 0.342 e. The summed E-state index contributed by atoms with van der Waals surface area (Å²) in [5.41, 5.74) is 5.37. The fourth-order valence-electron chi connectivity index (χ4n) is 4.14. The topological polar surface area (TPSA) is 89.7 Å². The van der Waals surface area contributed by atoms with Gasteiger partial charge in [0.1, 0.15) is 5.82 Å². The van der Waals surface area contributed by atoms with Crippen LogP contribution in [0.15, 0.2) is 24.3 Å². The van der Waals surface area contributed by atoms with E-state index in [2.05, 4.69) is 31.5 Å². The molecule has 2 amide bonds. The molecule has 4 rings (SSSR count). The lowest BCUT2D eigenvalue weighted by atomic mass is 9.95. The number of hydrogen-bond donors (Lipinski definition) is 3. The molecule has 0 spiro atoms. The van der Waals surface area contributed by atoms with E-state index < -0.39 is 0 Å². The first kappa shape index (κ1) is 18.5. The molecule has 7 heteroatoms. The first-order valence-corrected chi connectivity index (χ1v) is 10.1. The molecule has 3 heterocycles. The van der Waals surface area contributed by atoms with Crippen LogP contribution >= 0.6 is 0 Å². The number of aryl methyl sites for hydroxylation is 2.